The minimum Gasteiger partial charge on any atom is -0.462 e. The summed E-state index contributed by atoms with van der Waals surface area (Å²) in [6, 6.07) is 0. The third-order valence-electron chi connectivity index (χ3n) is 9.90. The van der Waals surface area contributed by atoms with Crippen LogP contribution in [0.1, 0.15) is 220 Å². The number of rotatable bonds is 42. The smallest absolute Gasteiger partial charge is 0.306 e. The van der Waals surface area contributed by atoms with Gasteiger partial charge in [0.2, 0.25) is 0 Å². The fraction of sp³-hybridized carbons (Fsp3) is 0.712. The average molecular weight is 809 g/mol. The summed E-state index contributed by atoms with van der Waals surface area (Å²) in [6.45, 7) is 6.40. The summed E-state index contributed by atoms with van der Waals surface area (Å²) in [5.41, 5.74) is 0. The molecular weight excluding hydrogens is 721 g/mol. The van der Waals surface area contributed by atoms with Gasteiger partial charge in [0, 0.05) is 19.3 Å². The van der Waals surface area contributed by atoms with E-state index in [1.165, 1.54) is 51.4 Å². The van der Waals surface area contributed by atoms with Gasteiger partial charge in [-0.2, -0.15) is 0 Å². The van der Waals surface area contributed by atoms with Gasteiger partial charge in [-0.1, -0.05) is 171 Å². The van der Waals surface area contributed by atoms with Crippen molar-refractivity contribution in [1.82, 2.24) is 0 Å². The summed E-state index contributed by atoms with van der Waals surface area (Å²) in [5.74, 6) is -0.939. The van der Waals surface area contributed by atoms with Crippen LogP contribution in [0.3, 0.4) is 0 Å². The van der Waals surface area contributed by atoms with Crippen LogP contribution in [0, 0.1) is 0 Å². The van der Waals surface area contributed by atoms with Gasteiger partial charge in [0.05, 0.1) is 0 Å². The third kappa shape index (κ3) is 44.0. The minimum atomic E-state index is -0.791. The molecule has 0 N–H and O–H groups in total. The van der Waals surface area contributed by atoms with Crippen molar-refractivity contribution in [1.29, 1.82) is 0 Å². The monoisotopic (exact) mass is 809 g/mol. The van der Waals surface area contributed by atoms with Crippen molar-refractivity contribution in [3.05, 3.63) is 72.9 Å². The lowest BCUT2D eigenvalue weighted by atomic mass is 10.1. The summed E-state index contributed by atoms with van der Waals surface area (Å²) >= 11 is 0. The SMILES string of the molecule is CC/C=C\C/C=C\C/C=C\C/C=C\CCCCCCC(=O)OCC(COC(=O)CCCCCCC/C=C\CCC)OC(=O)CCCCCCC/C=C\CCCCCC. The van der Waals surface area contributed by atoms with Gasteiger partial charge < -0.3 is 14.2 Å². The van der Waals surface area contributed by atoms with Crippen molar-refractivity contribution >= 4 is 17.9 Å². The maximum atomic E-state index is 12.7. The molecule has 332 valence electrons. The lowest BCUT2D eigenvalue weighted by molar-refractivity contribution is -0.167. The average Bonchev–Trinajstić information content (AvgIpc) is 3.22. The molecular formula is C52H88O6. The summed E-state index contributed by atoms with van der Waals surface area (Å²) < 4.78 is 16.7. The van der Waals surface area contributed by atoms with Crippen LogP contribution >= 0.6 is 0 Å². The van der Waals surface area contributed by atoms with Crippen LogP contribution < -0.4 is 0 Å². The lowest BCUT2D eigenvalue weighted by Crippen LogP contribution is -2.30. The van der Waals surface area contributed by atoms with Crippen molar-refractivity contribution in [2.24, 2.45) is 0 Å². The van der Waals surface area contributed by atoms with Gasteiger partial charge in [-0.3, -0.25) is 14.4 Å². The first-order valence-electron chi connectivity index (χ1n) is 23.9. The quantitative estimate of drug-likeness (QED) is 0.0264. The number of esters is 3. The number of carbonyl (C=O) groups excluding carboxylic acids is 3. The molecule has 58 heavy (non-hydrogen) atoms. The molecule has 0 aromatic carbocycles. The minimum absolute atomic E-state index is 0.0919. The van der Waals surface area contributed by atoms with E-state index in [0.717, 1.165) is 128 Å². The standard InChI is InChI=1S/C52H88O6/c1-4-7-10-13-16-19-22-24-25-26-27-29-30-33-36-39-42-45-51(54)57-48-49(47-56-50(53)44-41-38-35-32-21-18-15-12-9-6-3)58-52(55)46-43-40-37-34-31-28-23-20-17-14-11-8-5-2/h7,10,12,15-16,19-20,23-25,27,29,49H,4-6,8-9,11,13-14,17-18,21-22,26,28,30-48H2,1-3H3/b10-7-,15-12-,19-16-,23-20-,25-24-,29-27-. The Morgan fingerprint density at radius 3 is 1.14 bits per heavy atom. The van der Waals surface area contributed by atoms with E-state index in [1.807, 2.05) is 0 Å². The van der Waals surface area contributed by atoms with E-state index in [-0.39, 0.29) is 31.1 Å². The Morgan fingerprint density at radius 1 is 0.362 bits per heavy atom. The number of allylic oxidation sites excluding steroid dienone is 12. The molecule has 0 aliphatic rings. The van der Waals surface area contributed by atoms with E-state index in [2.05, 4.69) is 93.7 Å². The molecule has 6 heteroatoms. The summed E-state index contributed by atoms with van der Waals surface area (Å²) in [4.78, 5) is 37.8. The number of unbranched alkanes of at least 4 members (excludes halogenated alkanes) is 19. The predicted molar refractivity (Wildman–Crippen MR) is 247 cm³/mol. The van der Waals surface area contributed by atoms with Gasteiger partial charge in [-0.15, -0.1) is 0 Å². The molecule has 0 aliphatic heterocycles. The van der Waals surface area contributed by atoms with Gasteiger partial charge in [0.25, 0.3) is 0 Å². The van der Waals surface area contributed by atoms with E-state index < -0.39 is 6.10 Å². The molecule has 1 unspecified atom stereocenters. The molecule has 0 aliphatic carbocycles. The largest absolute Gasteiger partial charge is 0.462 e. The Hall–Kier alpha value is -3.15. The maximum absolute atomic E-state index is 12.7. The molecule has 0 radical (unpaired) electrons. The second kappa shape index (κ2) is 46.5. The molecule has 6 nitrogen and oxygen atoms in total. The number of hydrogen-bond donors (Lipinski definition) is 0. The number of hydrogen-bond acceptors (Lipinski definition) is 6. The van der Waals surface area contributed by atoms with Crippen molar-refractivity contribution in [3.8, 4) is 0 Å². The summed E-state index contributed by atoms with van der Waals surface area (Å²) in [6.07, 6.45) is 57.4. The zero-order valence-corrected chi connectivity index (χ0v) is 37.8. The molecule has 0 aromatic rings. The normalized spacial score (nSPS) is 12.7. The highest BCUT2D eigenvalue weighted by Crippen LogP contribution is 2.13. The Morgan fingerprint density at radius 2 is 0.707 bits per heavy atom. The zero-order chi connectivity index (χ0) is 42.3. The lowest BCUT2D eigenvalue weighted by Gasteiger charge is -2.18. The van der Waals surface area contributed by atoms with E-state index >= 15 is 0 Å². The van der Waals surface area contributed by atoms with E-state index in [9.17, 15) is 14.4 Å². The van der Waals surface area contributed by atoms with E-state index in [4.69, 9.17) is 14.2 Å². The van der Waals surface area contributed by atoms with Crippen LogP contribution in [0.4, 0.5) is 0 Å². The molecule has 0 spiro atoms. The summed E-state index contributed by atoms with van der Waals surface area (Å²) in [5, 5.41) is 0. The van der Waals surface area contributed by atoms with Crippen molar-refractivity contribution in [2.75, 3.05) is 13.2 Å². The van der Waals surface area contributed by atoms with Crippen LogP contribution in [0.5, 0.6) is 0 Å². The summed E-state index contributed by atoms with van der Waals surface area (Å²) in [7, 11) is 0. The fourth-order valence-corrected chi connectivity index (χ4v) is 6.31. The van der Waals surface area contributed by atoms with E-state index in [0.29, 0.717) is 19.3 Å². The van der Waals surface area contributed by atoms with Gasteiger partial charge in [0.15, 0.2) is 6.10 Å². The maximum Gasteiger partial charge on any atom is 0.306 e. The predicted octanol–water partition coefficient (Wildman–Crippen LogP) is 15.5. The van der Waals surface area contributed by atoms with Gasteiger partial charge >= 0.3 is 17.9 Å². The Balaban J connectivity index is 4.42. The molecule has 0 rings (SSSR count). The van der Waals surface area contributed by atoms with Gasteiger partial charge in [0.1, 0.15) is 13.2 Å². The molecule has 0 fully saturated rings. The Labute approximate surface area is 357 Å². The molecule has 0 aromatic heterocycles. The highest BCUT2D eigenvalue weighted by molar-refractivity contribution is 5.71. The van der Waals surface area contributed by atoms with Crippen molar-refractivity contribution in [2.45, 2.75) is 226 Å². The van der Waals surface area contributed by atoms with Crippen LogP contribution in [0.25, 0.3) is 0 Å². The van der Waals surface area contributed by atoms with Gasteiger partial charge in [-0.05, 0) is 103 Å². The van der Waals surface area contributed by atoms with Gasteiger partial charge in [-0.25, -0.2) is 0 Å². The van der Waals surface area contributed by atoms with Crippen molar-refractivity contribution in [3.63, 3.8) is 0 Å². The highest BCUT2D eigenvalue weighted by atomic mass is 16.6. The molecule has 0 bridgehead atoms. The van der Waals surface area contributed by atoms with Crippen LogP contribution in [0.15, 0.2) is 72.9 Å². The first kappa shape index (κ1) is 54.9. The Kier molecular flexibility index (Phi) is 44.0. The number of ether oxygens (including phenoxy) is 3. The van der Waals surface area contributed by atoms with E-state index in [1.54, 1.807) is 0 Å². The first-order chi connectivity index (χ1) is 28.5. The molecule has 1 atom stereocenters. The first-order valence-corrected chi connectivity index (χ1v) is 23.9. The van der Waals surface area contributed by atoms with Crippen LogP contribution in [-0.2, 0) is 28.6 Å². The second-order valence-electron chi connectivity index (χ2n) is 15.6. The molecule has 0 saturated carbocycles. The Bertz CT molecular complexity index is 1110. The van der Waals surface area contributed by atoms with Crippen LogP contribution in [0.2, 0.25) is 0 Å². The second-order valence-corrected chi connectivity index (χ2v) is 15.6. The molecule has 0 heterocycles. The topological polar surface area (TPSA) is 78.9 Å². The number of carbonyl (C=O) groups is 3. The molecule has 0 saturated heterocycles. The van der Waals surface area contributed by atoms with Crippen molar-refractivity contribution < 1.29 is 28.6 Å². The third-order valence-corrected chi connectivity index (χ3v) is 9.90. The zero-order valence-electron chi connectivity index (χ0n) is 37.8. The van der Waals surface area contributed by atoms with Crippen LogP contribution in [-0.4, -0.2) is 37.2 Å². The highest BCUT2D eigenvalue weighted by Gasteiger charge is 2.19. The molecule has 0 amide bonds. The fourth-order valence-electron chi connectivity index (χ4n) is 6.31.